The average molecular weight is 424 g/mol. The zero-order chi connectivity index (χ0) is 21.1. The van der Waals surface area contributed by atoms with E-state index in [1.807, 2.05) is 12.1 Å². The molecule has 0 unspecified atom stereocenters. The highest BCUT2D eigenvalue weighted by Gasteiger charge is 2.23. The summed E-state index contributed by atoms with van der Waals surface area (Å²) in [6, 6.07) is 14.5. The number of carbonyl (C=O) groups is 1. The first-order chi connectivity index (χ1) is 14.5. The van der Waals surface area contributed by atoms with Crippen LogP contribution in [0.5, 0.6) is 0 Å². The zero-order valence-electron chi connectivity index (χ0n) is 17.9. The summed E-state index contributed by atoms with van der Waals surface area (Å²) in [5.74, 6) is 0.311. The maximum absolute atomic E-state index is 12.3. The second kappa shape index (κ2) is 9.14. The van der Waals surface area contributed by atoms with Crippen molar-refractivity contribution in [2.75, 3.05) is 38.2 Å². The van der Waals surface area contributed by atoms with Gasteiger partial charge in [0, 0.05) is 26.2 Å². The number of rotatable bonds is 6. The van der Waals surface area contributed by atoms with E-state index in [-0.39, 0.29) is 5.97 Å². The number of anilines is 1. The standard InChI is InChI=1S/C24H29N3O2S/c1-17(2)14-18-8-9-19(24(28)29-3)21(15-18)27-12-10-26(11-13-27)16-23-25-20-6-4-5-7-22(20)30-23/h4-9,15,17H,10-14,16H2,1-3H3. The van der Waals surface area contributed by atoms with Crippen LogP contribution in [-0.2, 0) is 17.7 Å². The van der Waals surface area contributed by atoms with Gasteiger partial charge in [-0.3, -0.25) is 4.90 Å². The fraction of sp³-hybridized carbons (Fsp3) is 0.417. The van der Waals surface area contributed by atoms with Crippen LogP contribution in [0.1, 0.15) is 34.8 Å². The van der Waals surface area contributed by atoms with Gasteiger partial charge in [-0.05, 0) is 42.2 Å². The fourth-order valence-electron chi connectivity index (χ4n) is 4.05. The maximum atomic E-state index is 12.3. The number of hydrogen-bond donors (Lipinski definition) is 0. The second-order valence-electron chi connectivity index (χ2n) is 8.28. The number of piperazine rings is 1. The highest BCUT2D eigenvalue weighted by atomic mass is 32.1. The molecule has 6 heteroatoms. The monoisotopic (exact) mass is 423 g/mol. The molecule has 0 aliphatic carbocycles. The third-order valence-electron chi connectivity index (χ3n) is 5.52. The van der Waals surface area contributed by atoms with E-state index in [0.717, 1.165) is 50.3 Å². The summed E-state index contributed by atoms with van der Waals surface area (Å²) >= 11 is 1.78. The lowest BCUT2D eigenvalue weighted by Crippen LogP contribution is -2.46. The van der Waals surface area contributed by atoms with Gasteiger partial charge in [0.1, 0.15) is 5.01 Å². The summed E-state index contributed by atoms with van der Waals surface area (Å²) in [6.45, 7) is 8.99. The molecule has 4 rings (SSSR count). The van der Waals surface area contributed by atoms with Crippen molar-refractivity contribution in [3.8, 4) is 0 Å². The highest BCUT2D eigenvalue weighted by Crippen LogP contribution is 2.27. The van der Waals surface area contributed by atoms with Crippen LogP contribution in [0.2, 0.25) is 0 Å². The van der Waals surface area contributed by atoms with Crippen LogP contribution in [0.25, 0.3) is 10.2 Å². The molecular formula is C24H29N3O2S. The first kappa shape index (κ1) is 20.8. The molecule has 0 N–H and O–H groups in total. The molecule has 2 aromatic carbocycles. The molecule has 30 heavy (non-hydrogen) atoms. The Balaban J connectivity index is 1.46. The summed E-state index contributed by atoms with van der Waals surface area (Å²) in [5, 5.41) is 1.17. The Labute approximate surface area is 182 Å². The highest BCUT2D eigenvalue weighted by molar-refractivity contribution is 7.18. The molecule has 0 bridgehead atoms. The van der Waals surface area contributed by atoms with Crippen molar-refractivity contribution < 1.29 is 9.53 Å². The van der Waals surface area contributed by atoms with E-state index < -0.39 is 0 Å². The van der Waals surface area contributed by atoms with Gasteiger partial charge in [0.25, 0.3) is 0 Å². The van der Waals surface area contributed by atoms with Crippen LogP contribution in [-0.4, -0.2) is 49.1 Å². The molecule has 1 saturated heterocycles. The van der Waals surface area contributed by atoms with Crippen molar-refractivity contribution in [2.24, 2.45) is 5.92 Å². The Morgan fingerprint density at radius 2 is 1.90 bits per heavy atom. The summed E-state index contributed by atoms with van der Waals surface area (Å²) in [5.41, 5.74) is 4.01. The topological polar surface area (TPSA) is 45.7 Å². The lowest BCUT2D eigenvalue weighted by molar-refractivity contribution is 0.0601. The summed E-state index contributed by atoms with van der Waals surface area (Å²) < 4.78 is 6.28. The molecule has 0 atom stereocenters. The summed E-state index contributed by atoms with van der Waals surface area (Å²) in [4.78, 5) is 21.9. The molecule has 1 aliphatic rings. The predicted molar refractivity (Wildman–Crippen MR) is 123 cm³/mol. The second-order valence-corrected chi connectivity index (χ2v) is 9.39. The SMILES string of the molecule is COC(=O)c1ccc(CC(C)C)cc1N1CCN(Cc2nc3ccccc3s2)CC1. The average Bonchev–Trinajstić information content (AvgIpc) is 3.15. The number of esters is 1. The minimum Gasteiger partial charge on any atom is -0.465 e. The molecule has 0 saturated carbocycles. The summed E-state index contributed by atoms with van der Waals surface area (Å²) in [7, 11) is 1.45. The van der Waals surface area contributed by atoms with Crippen molar-refractivity contribution in [3.05, 3.63) is 58.6 Å². The molecular weight excluding hydrogens is 394 g/mol. The number of hydrogen-bond acceptors (Lipinski definition) is 6. The number of nitrogens with zero attached hydrogens (tertiary/aromatic N) is 3. The zero-order valence-corrected chi connectivity index (χ0v) is 18.7. The Kier molecular flexibility index (Phi) is 6.35. The van der Waals surface area contributed by atoms with Crippen LogP contribution in [0, 0.1) is 5.92 Å². The molecule has 158 valence electrons. The Morgan fingerprint density at radius 3 is 2.60 bits per heavy atom. The molecule has 1 aromatic heterocycles. The van der Waals surface area contributed by atoms with Gasteiger partial charge in [-0.2, -0.15) is 0 Å². The fourth-order valence-corrected chi connectivity index (χ4v) is 5.06. The van der Waals surface area contributed by atoms with Crippen molar-refractivity contribution in [1.82, 2.24) is 9.88 Å². The van der Waals surface area contributed by atoms with Crippen molar-refractivity contribution in [3.63, 3.8) is 0 Å². The Hall–Kier alpha value is -2.44. The third kappa shape index (κ3) is 4.65. The van der Waals surface area contributed by atoms with Crippen LogP contribution >= 0.6 is 11.3 Å². The number of methoxy groups -OCH3 is 1. The van der Waals surface area contributed by atoms with Crippen LogP contribution in [0.3, 0.4) is 0 Å². The predicted octanol–water partition coefficient (Wildman–Crippen LogP) is 4.60. The van der Waals surface area contributed by atoms with Gasteiger partial charge in [0.05, 0.1) is 35.1 Å². The van der Waals surface area contributed by atoms with E-state index in [4.69, 9.17) is 9.72 Å². The van der Waals surface area contributed by atoms with Gasteiger partial charge >= 0.3 is 5.97 Å². The molecule has 2 heterocycles. The number of fused-ring (bicyclic) bond motifs is 1. The van der Waals surface area contributed by atoms with E-state index in [0.29, 0.717) is 11.5 Å². The van der Waals surface area contributed by atoms with Crippen LogP contribution in [0.15, 0.2) is 42.5 Å². The maximum Gasteiger partial charge on any atom is 0.339 e. The number of thiazole rings is 1. The molecule has 1 aliphatic heterocycles. The van der Waals surface area contributed by atoms with Crippen molar-refractivity contribution >= 4 is 33.2 Å². The van der Waals surface area contributed by atoms with Crippen molar-refractivity contribution in [2.45, 2.75) is 26.8 Å². The molecule has 5 nitrogen and oxygen atoms in total. The van der Waals surface area contributed by atoms with Crippen molar-refractivity contribution in [1.29, 1.82) is 0 Å². The molecule has 3 aromatic rings. The van der Waals surface area contributed by atoms with Gasteiger partial charge in [-0.15, -0.1) is 11.3 Å². The Bertz CT molecular complexity index is 989. The quantitative estimate of drug-likeness (QED) is 0.542. The minimum absolute atomic E-state index is 0.266. The van der Waals surface area contributed by atoms with Gasteiger partial charge in [-0.25, -0.2) is 9.78 Å². The number of ether oxygens (including phenoxy) is 1. The summed E-state index contributed by atoms with van der Waals surface area (Å²) in [6.07, 6.45) is 1.01. The number of benzene rings is 2. The first-order valence-electron chi connectivity index (χ1n) is 10.6. The van der Waals surface area contributed by atoms with Gasteiger partial charge < -0.3 is 9.64 Å². The van der Waals surface area contributed by atoms with E-state index in [2.05, 4.69) is 54.0 Å². The Morgan fingerprint density at radius 1 is 1.13 bits per heavy atom. The van der Waals surface area contributed by atoms with Gasteiger partial charge in [-0.1, -0.05) is 32.0 Å². The van der Waals surface area contributed by atoms with E-state index >= 15 is 0 Å². The largest absolute Gasteiger partial charge is 0.465 e. The molecule has 1 fully saturated rings. The molecule has 0 amide bonds. The normalized spacial score (nSPS) is 15.1. The molecule has 0 spiro atoms. The number of para-hydroxylation sites is 1. The smallest absolute Gasteiger partial charge is 0.339 e. The van der Waals surface area contributed by atoms with E-state index in [1.54, 1.807) is 11.3 Å². The van der Waals surface area contributed by atoms with Crippen LogP contribution in [0.4, 0.5) is 5.69 Å². The lowest BCUT2D eigenvalue weighted by Gasteiger charge is -2.36. The number of aromatic nitrogens is 1. The molecule has 0 radical (unpaired) electrons. The van der Waals surface area contributed by atoms with E-state index in [9.17, 15) is 4.79 Å². The first-order valence-corrected chi connectivity index (χ1v) is 11.4. The third-order valence-corrected chi connectivity index (χ3v) is 6.54. The lowest BCUT2D eigenvalue weighted by atomic mass is 9.99. The number of carbonyl (C=O) groups excluding carboxylic acids is 1. The minimum atomic E-state index is -0.266. The van der Waals surface area contributed by atoms with Gasteiger partial charge in [0.15, 0.2) is 0 Å². The van der Waals surface area contributed by atoms with Gasteiger partial charge in [0.2, 0.25) is 0 Å². The van der Waals surface area contributed by atoms with E-state index in [1.165, 1.54) is 22.4 Å². The van der Waals surface area contributed by atoms with Crippen LogP contribution < -0.4 is 4.90 Å².